The Labute approximate surface area is 145 Å². The third-order valence-corrected chi connectivity index (χ3v) is 3.58. The lowest BCUT2D eigenvalue weighted by molar-refractivity contribution is -0.127. The van der Waals surface area contributed by atoms with Crippen LogP contribution in [0.15, 0.2) is 67.3 Å². The van der Waals surface area contributed by atoms with Gasteiger partial charge in [0.15, 0.2) is 6.10 Å². The van der Waals surface area contributed by atoms with Gasteiger partial charge in [0.05, 0.1) is 17.9 Å². The van der Waals surface area contributed by atoms with E-state index in [1.54, 1.807) is 31.7 Å². The second-order valence-corrected chi connectivity index (χ2v) is 5.38. The van der Waals surface area contributed by atoms with Crippen LogP contribution < -0.4 is 10.1 Å². The van der Waals surface area contributed by atoms with Crippen LogP contribution in [0.3, 0.4) is 0 Å². The minimum Gasteiger partial charge on any atom is -0.481 e. The summed E-state index contributed by atoms with van der Waals surface area (Å²) in [5, 5.41) is 2.85. The summed E-state index contributed by atoms with van der Waals surface area (Å²) in [7, 11) is 0. The Kier molecular flexibility index (Phi) is 5.31. The van der Waals surface area contributed by atoms with Crippen LogP contribution in [0, 0.1) is 0 Å². The maximum absolute atomic E-state index is 12.3. The van der Waals surface area contributed by atoms with Crippen LogP contribution in [-0.2, 0) is 11.3 Å². The number of nitrogens with one attached hydrogen (secondary N) is 1. The molecule has 1 aromatic carbocycles. The maximum Gasteiger partial charge on any atom is 0.261 e. The SMILES string of the molecule is C[C@@H](Oc1ccccc1)C(=O)NCc1nccnc1-c1ccncc1. The number of nitrogens with zero attached hydrogens (tertiary/aromatic N) is 3. The molecule has 25 heavy (non-hydrogen) atoms. The van der Waals surface area contributed by atoms with Gasteiger partial charge >= 0.3 is 0 Å². The molecule has 0 bridgehead atoms. The molecule has 0 radical (unpaired) electrons. The molecular formula is C19H18N4O2. The van der Waals surface area contributed by atoms with E-state index in [4.69, 9.17) is 4.74 Å². The molecule has 126 valence electrons. The molecule has 2 heterocycles. The summed E-state index contributed by atoms with van der Waals surface area (Å²) in [6.07, 6.45) is 6.02. The van der Waals surface area contributed by atoms with Crippen molar-refractivity contribution < 1.29 is 9.53 Å². The van der Waals surface area contributed by atoms with Crippen molar-refractivity contribution in [3.05, 3.63) is 72.9 Å². The van der Waals surface area contributed by atoms with Gasteiger partial charge in [0, 0.05) is 30.4 Å². The maximum atomic E-state index is 12.3. The predicted molar refractivity (Wildman–Crippen MR) is 93.6 cm³/mol. The summed E-state index contributed by atoms with van der Waals surface area (Å²) < 4.78 is 5.62. The Balaban J connectivity index is 1.65. The Morgan fingerprint density at radius 2 is 1.76 bits per heavy atom. The van der Waals surface area contributed by atoms with Crippen LogP contribution in [0.1, 0.15) is 12.6 Å². The molecule has 0 saturated heterocycles. The van der Waals surface area contributed by atoms with Crippen molar-refractivity contribution in [3.8, 4) is 17.0 Å². The van der Waals surface area contributed by atoms with Gasteiger partial charge in [0.2, 0.25) is 0 Å². The largest absolute Gasteiger partial charge is 0.481 e. The van der Waals surface area contributed by atoms with Gasteiger partial charge in [0.1, 0.15) is 5.75 Å². The molecule has 3 aromatic rings. The third-order valence-electron chi connectivity index (χ3n) is 3.58. The fourth-order valence-corrected chi connectivity index (χ4v) is 2.32. The molecule has 0 fully saturated rings. The molecule has 0 unspecified atom stereocenters. The van der Waals surface area contributed by atoms with E-state index in [2.05, 4.69) is 20.3 Å². The summed E-state index contributed by atoms with van der Waals surface area (Å²) in [5.41, 5.74) is 2.32. The van der Waals surface area contributed by atoms with Gasteiger partial charge < -0.3 is 10.1 Å². The summed E-state index contributed by atoms with van der Waals surface area (Å²) in [6.45, 7) is 1.98. The standard InChI is InChI=1S/C19H18N4O2/c1-14(25-16-5-3-2-4-6-16)19(24)23-13-17-18(22-12-11-21-17)15-7-9-20-10-8-15/h2-12,14H,13H2,1H3,(H,23,24)/t14-/m1/s1. The minimum atomic E-state index is -0.608. The number of hydrogen-bond donors (Lipinski definition) is 1. The molecule has 0 saturated carbocycles. The van der Waals surface area contributed by atoms with Gasteiger partial charge in [-0.1, -0.05) is 18.2 Å². The first-order valence-electron chi connectivity index (χ1n) is 7.94. The third kappa shape index (κ3) is 4.38. The number of ether oxygens (including phenoxy) is 1. The molecule has 2 aromatic heterocycles. The molecule has 1 amide bonds. The van der Waals surface area contributed by atoms with Gasteiger partial charge in [-0.15, -0.1) is 0 Å². The summed E-state index contributed by atoms with van der Waals surface area (Å²) >= 11 is 0. The molecule has 0 aliphatic carbocycles. The van der Waals surface area contributed by atoms with Gasteiger partial charge in [0.25, 0.3) is 5.91 Å². The highest BCUT2D eigenvalue weighted by Crippen LogP contribution is 2.18. The Morgan fingerprint density at radius 1 is 1.04 bits per heavy atom. The zero-order chi connectivity index (χ0) is 17.5. The Hall–Kier alpha value is -3.28. The molecule has 1 atom stereocenters. The van der Waals surface area contributed by atoms with E-state index in [-0.39, 0.29) is 12.5 Å². The molecule has 6 heteroatoms. The average Bonchev–Trinajstić information content (AvgIpc) is 2.68. The first-order chi connectivity index (χ1) is 12.2. The molecule has 3 rings (SSSR count). The number of para-hydroxylation sites is 1. The van der Waals surface area contributed by atoms with Gasteiger partial charge in [-0.05, 0) is 31.2 Å². The number of rotatable bonds is 6. The number of pyridine rings is 1. The van der Waals surface area contributed by atoms with E-state index in [0.717, 1.165) is 11.3 Å². The zero-order valence-electron chi connectivity index (χ0n) is 13.8. The second-order valence-electron chi connectivity index (χ2n) is 5.38. The van der Waals surface area contributed by atoms with Crippen molar-refractivity contribution >= 4 is 5.91 Å². The van der Waals surface area contributed by atoms with Gasteiger partial charge in [-0.2, -0.15) is 0 Å². The summed E-state index contributed by atoms with van der Waals surface area (Å²) in [4.78, 5) is 25.0. The topological polar surface area (TPSA) is 77.0 Å². The van der Waals surface area contributed by atoms with E-state index in [0.29, 0.717) is 11.4 Å². The highest BCUT2D eigenvalue weighted by Gasteiger charge is 2.16. The van der Waals surface area contributed by atoms with Gasteiger partial charge in [-0.3, -0.25) is 19.7 Å². The normalized spacial score (nSPS) is 11.6. The van der Waals surface area contributed by atoms with Crippen molar-refractivity contribution in [2.45, 2.75) is 19.6 Å². The van der Waals surface area contributed by atoms with E-state index in [1.807, 2.05) is 42.5 Å². The van der Waals surface area contributed by atoms with Crippen molar-refractivity contribution in [3.63, 3.8) is 0 Å². The smallest absolute Gasteiger partial charge is 0.261 e. The number of benzene rings is 1. The number of hydrogen-bond acceptors (Lipinski definition) is 5. The lowest BCUT2D eigenvalue weighted by atomic mass is 10.1. The molecule has 1 N–H and O–H groups in total. The first kappa shape index (κ1) is 16.6. The molecule has 0 spiro atoms. The van der Waals surface area contributed by atoms with Crippen molar-refractivity contribution in [1.29, 1.82) is 0 Å². The summed E-state index contributed by atoms with van der Waals surface area (Å²) in [6, 6.07) is 13.0. The number of carbonyl (C=O) groups excluding carboxylic acids is 1. The monoisotopic (exact) mass is 334 g/mol. The quantitative estimate of drug-likeness (QED) is 0.750. The van der Waals surface area contributed by atoms with Gasteiger partial charge in [-0.25, -0.2) is 0 Å². The highest BCUT2D eigenvalue weighted by atomic mass is 16.5. The first-order valence-corrected chi connectivity index (χ1v) is 7.94. The highest BCUT2D eigenvalue weighted by molar-refractivity contribution is 5.80. The van der Waals surface area contributed by atoms with Crippen LogP contribution in [-0.4, -0.2) is 27.0 Å². The Morgan fingerprint density at radius 3 is 2.52 bits per heavy atom. The van der Waals surface area contributed by atoms with Crippen molar-refractivity contribution in [2.75, 3.05) is 0 Å². The van der Waals surface area contributed by atoms with Crippen LogP contribution in [0.4, 0.5) is 0 Å². The zero-order valence-corrected chi connectivity index (χ0v) is 13.8. The fourth-order valence-electron chi connectivity index (χ4n) is 2.32. The average molecular weight is 334 g/mol. The van der Waals surface area contributed by atoms with E-state index in [9.17, 15) is 4.79 Å². The van der Waals surface area contributed by atoms with Crippen LogP contribution in [0.25, 0.3) is 11.3 Å². The predicted octanol–water partition coefficient (Wildman–Crippen LogP) is 2.62. The molecule has 0 aliphatic heterocycles. The molecular weight excluding hydrogens is 316 g/mol. The van der Waals surface area contributed by atoms with E-state index >= 15 is 0 Å². The van der Waals surface area contributed by atoms with Crippen molar-refractivity contribution in [1.82, 2.24) is 20.3 Å². The number of carbonyl (C=O) groups is 1. The molecule has 6 nitrogen and oxygen atoms in total. The number of amides is 1. The fraction of sp³-hybridized carbons (Fsp3) is 0.158. The Bertz CT molecular complexity index is 825. The van der Waals surface area contributed by atoms with E-state index < -0.39 is 6.10 Å². The number of aromatic nitrogens is 3. The second kappa shape index (κ2) is 8.01. The summed E-state index contributed by atoms with van der Waals surface area (Å²) in [5.74, 6) is 0.442. The molecule has 0 aliphatic rings. The van der Waals surface area contributed by atoms with Crippen LogP contribution in [0.5, 0.6) is 5.75 Å². The van der Waals surface area contributed by atoms with Crippen molar-refractivity contribution in [2.24, 2.45) is 0 Å². The van der Waals surface area contributed by atoms with Crippen LogP contribution >= 0.6 is 0 Å². The lowest BCUT2D eigenvalue weighted by Gasteiger charge is -2.15. The minimum absolute atomic E-state index is 0.213. The van der Waals surface area contributed by atoms with E-state index in [1.165, 1.54) is 0 Å². The van der Waals surface area contributed by atoms with Crippen LogP contribution in [0.2, 0.25) is 0 Å². The lowest BCUT2D eigenvalue weighted by Crippen LogP contribution is -2.36.